The summed E-state index contributed by atoms with van der Waals surface area (Å²) in [5.41, 5.74) is 0. The van der Waals surface area contributed by atoms with E-state index >= 15 is 0 Å². The smallest absolute Gasteiger partial charge is 0.462 e. The third-order valence-corrected chi connectivity index (χ3v) is 17.8. The van der Waals surface area contributed by atoms with E-state index < -0.39 is 97.5 Å². The van der Waals surface area contributed by atoms with E-state index in [0.717, 1.165) is 95.8 Å². The van der Waals surface area contributed by atoms with Gasteiger partial charge >= 0.3 is 39.5 Å². The summed E-state index contributed by atoms with van der Waals surface area (Å²) in [6, 6.07) is 0. The number of hydrogen-bond donors (Lipinski definition) is 3. The normalized spacial score (nSPS) is 14.5. The fraction of sp³-hybridized carbons (Fsp3) is 0.940. The van der Waals surface area contributed by atoms with E-state index in [0.29, 0.717) is 25.7 Å². The molecule has 3 unspecified atom stereocenters. The summed E-state index contributed by atoms with van der Waals surface area (Å²) in [5.74, 6) is -1.32. The van der Waals surface area contributed by atoms with Gasteiger partial charge in [-0.3, -0.25) is 37.3 Å². The second-order valence-electron chi connectivity index (χ2n) is 24.5. The highest BCUT2D eigenvalue weighted by Crippen LogP contribution is 2.45. The average Bonchev–Trinajstić information content (AvgIpc) is 3.60. The van der Waals surface area contributed by atoms with Gasteiger partial charge in [0.2, 0.25) is 0 Å². The molecule has 0 rings (SSSR count). The molecule has 6 atom stereocenters. The third kappa shape index (κ3) is 59.7. The molecule has 17 nitrogen and oxygen atoms in total. The van der Waals surface area contributed by atoms with Gasteiger partial charge in [0.25, 0.3) is 0 Å². The van der Waals surface area contributed by atoms with Gasteiger partial charge < -0.3 is 33.8 Å². The summed E-state index contributed by atoms with van der Waals surface area (Å²) in [7, 11) is -9.89. The van der Waals surface area contributed by atoms with Crippen LogP contribution in [-0.4, -0.2) is 96.7 Å². The molecule has 0 aliphatic heterocycles. The van der Waals surface area contributed by atoms with E-state index in [1.165, 1.54) is 167 Å². The van der Waals surface area contributed by atoms with Crippen LogP contribution >= 0.6 is 15.6 Å². The molecule has 0 radical (unpaired) electrons. The highest BCUT2D eigenvalue weighted by atomic mass is 31.2. The largest absolute Gasteiger partial charge is 0.472 e. The monoisotopic (exact) mass is 1270 g/mol. The molecule has 510 valence electrons. The fourth-order valence-corrected chi connectivity index (χ4v) is 11.7. The maximum Gasteiger partial charge on any atom is 0.472 e. The van der Waals surface area contributed by atoms with Gasteiger partial charge in [-0.2, -0.15) is 0 Å². The van der Waals surface area contributed by atoms with Crippen LogP contribution in [0.2, 0.25) is 0 Å². The van der Waals surface area contributed by atoms with E-state index in [1.54, 1.807) is 0 Å². The molecule has 19 heteroatoms. The van der Waals surface area contributed by atoms with Crippen molar-refractivity contribution in [1.82, 2.24) is 0 Å². The SMILES string of the molecule is CCCCCCCCCCCCCCC(=O)OC[C@H](COP(=O)(O)OC[C@@H](O)COP(=O)(O)OC[C@@H](COC(=O)CCCCCCCCCCCC)OC(=O)CCCCCCCCCCCC)OC(=O)CCCCCCCCCCCCC(C)CC. The van der Waals surface area contributed by atoms with Crippen molar-refractivity contribution >= 4 is 39.5 Å². The molecule has 86 heavy (non-hydrogen) atoms. The number of unbranched alkanes of at least 4 members (excludes halogenated alkanes) is 38. The van der Waals surface area contributed by atoms with Gasteiger partial charge in [0, 0.05) is 25.7 Å². The number of hydrogen-bond acceptors (Lipinski definition) is 15. The Morgan fingerprint density at radius 3 is 0.826 bits per heavy atom. The van der Waals surface area contributed by atoms with Crippen molar-refractivity contribution < 1.29 is 80.2 Å². The van der Waals surface area contributed by atoms with Gasteiger partial charge in [0.1, 0.15) is 19.3 Å². The van der Waals surface area contributed by atoms with Crippen molar-refractivity contribution in [2.45, 2.75) is 361 Å². The van der Waals surface area contributed by atoms with Crippen molar-refractivity contribution in [2.75, 3.05) is 39.6 Å². The Morgan fingerprint density at radius 2 is 0.558 bits per heavy atom. The number of carbonyl (C=O) groups is 4. The Morgan fingerprint density at radius 1 is 0.326 bits per heavy atom. The topological polar surface area (TPSA) is 237 Å². The number of ether oxygens (including phenoxy) is 4. The van der Waals surface area contributed by atoms with Crippen molar-refractivity contribution in [3.8, 4) is 0 Å². The molecular weight excluding hydrogens is 1140 g/mol. The molecule has 3 N–H and O–H groups in total. The first kappa shape index (κ1) is 84.1. The minimum absolute atomic E-state index is 0.107. The summed E-state index contributed by atoms with van der Waals surface area (Å²) in [4.78, 5) is 72.3. The second kappa shape index (κ2) is 60.6. The Hall–Kier alpha value is -1.94. The molecule has 0 heterocycles. The number of esters is 4. The highest BCUT2D eigenvalue weighted by molar-refractivity contribution is 7.47. The Labute approximate surface area is 524 Å². The zero-order chi connectivity index (χ0) is 63.5. The van der Waals surface area contributed by atoms with Crippen molar-refractivity contribution in [3.05, 3.63) is 0 Å². The van der Waals surface area contributed by atoms with Crippen molar-refractivity contribution in [3.63, 3.8) is 0 Å². The zero-order valence-electron chi connectivity index (χ0n) is 55.4. The summed E-state index contributed by atoms with van der Waals surface area (Å²) < 4.78 is 68.1. The van der Waals surface area contributed by atoms with Crippen LogP contribution in [0.25, 0.3) is 0 Å². The number of phosphoric ester groups is 2. The van der Waals surface area contributed by atoms with Crippen molar-refractivity contribution in [2.24, 2.45) is 5.92 Å². The number of rotatable bonds is 67. The van der Waals surface area contributed by atoms with Crippen LogP contribution in [-0.2, 0) is 65.4 Å². The summed E-state index contributed by atoms with van der Waals surface area (Å²) >= 11 is 0. The van der Waals surface area contributed by atoms with Crippen LogP contribution in [0.3, 0.4) is 0 Å². The van der Waals surface area contributed by atoms with Gasteiger partial charge in [0.15, 0.2) is 12.2 Å². The summed E-state index contributed by atoms with van der Waals surface area (Å²) in [5, 5.41) is 10.6. The molecule has 0 bridgehead atoms. The number of carbonyl (C=O) groups excluding carboxylic acids is 4. The molecule has 0 amide bonds. The van der Waals surface area contributed by atoms with Crippen LogP contribution in [0.15, 0.2) is 0 Å². The highest BCUT2D eigenvalue weighted by Gasteiger charge is 2.30. The van der Waals surface area contributed by atoms with E-state index in [1.807, 2.05) is 0 Å². The lowest BCUT2D eigenvalue weighted by Crippen LogP contribution is -2.30. The van der Waals surface area contributed by atoms with Crippen molar-refractivity contribution in [1.29, 1.82) is 0 Å². The van der Waals surface area contributed by atoms with Gasteiger partial charge in [-0.15, -0.1) is 0 Å². The Bertz CT molecular complexity index is 1670. The zero-order valence-corrected chi connectivity index (χ0v) is 57.2. The Kier molecular flexibility index (Phi) is 59.2. The number of aliphatic hydroxyl groups excluding tert-OH is 1. The second-order valence-corrected chi connectivity index (χ2v) is 27.4. The number of phosphoric acid groups is 2. The number of aliphatic hydroxyl groups is 1. The van der Waals surface area contributed by atoms with E-state index in [4.69, 9.17) is 37.0 Å². The maximum absolute atomic E-state index is 13.0. The van der Waals surface area contributed by atoms with E-state index in [2.05, 4.69) is 34.6 Å². The Balaban J connectivity index is 5.24. The molecule has 0 aromatic rings. The lowest BCUT2D eigenvalue weighted by molar-refractivity contribution is -0.161. The van der Waals surface area contributed by atoms with Crippen LogP contribution in [0, 0.1) is 5.92 Å². The van der Waals surface area contributed by atoms with Crippen LogP contribution in [0.1, 0.15) is 343 Å². The molecular formula is C67H130O17P2. The fourth-order valence-electron chi connectivity index (χ4n) is 10.1. The van der Waals surface area contributed by atoms with Gasteiger partial charge in [0.05, 0.1) is 26.4 Å². The summed E-state index contributed by atoms with van der Waals surface area (Å²) in [6.07, 6.45) is 45.6. The third-order valence-electron chi connectivity index (χ3n) is 15.9. The minimum atomic E-state index is -4.95. The molecule has 0 aliphatic rings. The molecule has 0 spiro atoms. The van der Waals surface area contributed by atoms with Crippen LogP contribution < -0.4 is 0 Å². The predicted molar refractivity (Wildman–Crippen MR) is 345 cm³/mol. The van der Waals surface area contributed by atoms with E-state index in [-0.39, 0.29) is 25.7 Å². The minimum Gasteiger partial charge on any atom is -0.462 e. The molecule has 0 aliphatic carbocycles. The quantitative estimate of drug-likeness (QED) is 0.0222. The molecule has 0 fully saturated rings. The van der Waals surface area contributed by atoms with Crippen LogP contribution in [0.5, 0.6) is 0 Å². The molecule has 0 aromatic heterocycles. The maximum atomic E-state index is 13.0. The molecule has 0 saturated carbocycles. The summed E-state index contributed by atoms with van der Waals surface area (Å²) in [6.45, 7) is 7.23. The van der Waals surface area contributed by atoms with Gasteiger partial charge in [-0.25, -0.2) is 9.13 Å². The lowest BCUT2D eigenvalue weighted by atomic mass is 9.99. The molecule has 0 saturated heterocycles. The molecule has 0 aromatic carbocycles. The predicted octanol–water partition coefficient (Wildman–Crippen LogP) is 19.0. The van der Waals surface area contributed by atoms with Crippen LogP contribution in [0.4, 0.5) is 0 Å². The average molecular weight is 1270 g/mol. The standard InChI is InChI=1S/C67H130O17P2/c1-6-10-13-16-19-22-25-26-32-36-41-46-51-65(70)78-57-63(84-67(72)53-48-43-38-33-28-27-29-34-39-44-49-60(5)9-4)59-82-86(75,76)80-55-61(68)54-79-85(73,74)81-58-62(83-66(71)52-47-42-37-31-24-21-18-15-12-8-3)56-77-64(69)50-45-40-35-30-23-20-17-14-11-7-2/h60-63,68H,6-59H2,1-5H3,(H,73,74)(H,75,76)/t60?,61-,62+,63+/m0/s1. The first-order valence-corrected chi connectivity index (χ1v) is 38.2. The van der Waals surface area contributed by atoms with Gasteiger partial charge in [-0.05, 0) is 31.6 Å². The first-order valence-electron chi connectivity index (χ1n) is 35.2. The van der Waals surface area contributed by atoms with Gasteiger partial charge in [-0.1, -0.05) is 291 Å². The first-order chi connectivity index (χ1) is 41.6. The van der Waals surface area contributed by atoms with E-state index in [9.17, 15) is 43.2 Å². The lowest BCUT2D eigenvalue weighted by Gasteiger charge is -2.21.